The average Bonchev–Trinajstić information content (AvgIpc) is 2.99. The minimum absolute atomic E-state index is 0.00190. The van der Waals surface area contributed by atoms with Crippen LogP contribution in [-0.2, 0) is 5.60 Å². The van der Waals surface area contributed by atoms with Gasteiger partial charge in [0.1, 0.15) is 11.4 Å². The number of aliphatic hydroxyl groups is 3. The summed E-state index contributed by atoms with van der Waals surface area (Å²) in [6, 6.07) is 6.97. The van der Waals surface area contributed by atoms with Gasteiger partial charge in [-0.1, -0.05) is 31.6 Å². The normalized spacial score (nSPS) is 49.0. The van der Waals surface area contributed by atoms with Gasteiger partial charge in [-0.2, -0.15) is 0 Å². The topological polar surface area (TPSA) is 80.9 Å². The predicted octanol–water partition coefficient (Wildman–Crippen LogP) is 3.87. The predicted molar refractivity (Wildman–Crippen MR) is 111 cm³/mol. The number of aliphatic hydroxyl groups excluding tert-OH is 2. The minimum Gasteiger partial charge on any atom is -0.508 e. The van der Waals surface area contributed by atoms with Gasteiger partial charge in [0, 0.05) is 5.92 Å². The van der Waals surface area contributed by atoms with Gasteiger partial charge >= 0.3 is 0 Å². The Morgan fingerprint density at radius 1 is 0.897 bits per heavy atom. The number of hydrogen-bond acceptors (Lipinski definition) is 4. The molecule has 0 bridgehead atoms. The molecule has 29 heavy (non-hydrogen) atoms. The molecule has 5 rings (SSSR count). The number of benzene rings is 1. The van der Waals surface area contributed by atoms with Crippen LogP contribution in [0.2, 0.25) is 0 Å². The molecule has 0 saturated heterocycles. The van der Waals surface area contributed by atoms with Gasteiger partial charge in [0.05, 0.1) is 12.2 Å². The van der Waals surface area contributed by atoms with Gasteiger partial charge in [-0.15, -0.1) is 0 Å². The Balaban J connectivity index is 1.70. The second-order valence-electron chi connectivity index (χ2n) is 10.7. The standard InChI is InChI=1S/C25H34O4/c1-23-11-9-18(27)13-16(23)14-25(29,15-3-5-17(26)6-4-15)22-19-7-8-21(28)24(19,2)12-10-20(22)23/h3-6,14,18-22,26-29H,7-13H2,1-2H3/t18-,19-,20-,21-,22-,23-,24-,25+/m0/s1. The highest BCUT2D eigenvalue weighted by molar-refractivity contribution is 5.40. The fourth-order valence-electron chi connectivity index (χ4n) is 7.67. The fourth-order valence-corrected chi connectivity index (χ4v) is 7.67. The monoisotopic (exact) mass is 398 g/mol. The van der Waals surface area contributed by atoms with E-state index in [9.17, 15) is 20.4 Å². The summed E-state index contributed by atoms with van der Waals surface area (Å²) in [4.78, 5) is 0. The largest absolute Gasteiger partial charge is 0.508 e. The number of fused-ring (bicyclic) bond motifs is 5. The summed E-state index contributed by atoms with van der Waals surface area (Å²) < 4.78 is 0. The molecule has 4 nitrogen and oxygen atoms in total. The first kappa shape index (κ1) is 19.6. The molecule has 1 aromatic rings. The van der Waals surface area contributed by atoms with E-state index in [0.717, 1.165) is 44.1 Å². The van der Waals surface area contributed by atoms with Crippen molar-refractivity contribution in [1.29, 1.82) is 0 Å². The van der Waals surface area contributed by atoms with Crippen molar-refractivity contribution in [3.8, 4) is 5.75 Å². The van der Waals surface area contributed by atoms with Gasteiger partial charge in [0.2, 0.25) is 0 Å². The van der Waals surface area contributed by atoms with Crippen LogP contribution in [0.1, 0.15) is 64.4 Å². The van der Waals surface area contributed by atoms with Crippen LogP contribution in [-0.4, -0.2) is 32.6 Å². The average molecular weight is 399 g/mol. The van der Waals surface area contributed by atoms with E-state index < -0.39 is 5.60 Å². The molecule has 4 aliphatic rings. The lowest BCUT2D eigenvalue weighted by Gasteiger charge is -2.62. The van der Waals surface area contributed by atoms with Crippen molar-refractivity contribution >= 4 is 0 Å². The third-order valence-electron chi connectivity index (χ3n) is 9.46. The maximum Gasteiger partial charge on any atom is 0.115 e. The number of aromatic hydroxyl groups is 1. The molecule has 4 aliphatic carbocycles. The van der Waals surface area contributed by atoms with Crippen LogP contribution in [0, 0.1) is 28.6 Å². The second kappa shape index (κ2) is 6.32. The van der Waals surface area contributed by atoms with Crippen LogP contribution < -0.4 is 0 Å². The zero-order valence-corrected chi connectivity index (χ0v) is 17.5. The first-order chi connectivity index (χ1) is 13.7. The molecule has 0 heterocycles. The third kappa shape index (κ3) is 2.62. The van der Waals surface area contributed by atoms with Crippen LogP contribution in [0.15, 0.2) is 35.9 Å². The first-order valence-corrected chi connectivity index (χ1v) is 11.3. The fraction of sp³-hybridized carbons (Fsp3) is 0.680. The summed E-state index contributed by atoms with van der Waals surface area (Å²) in [5.74, 6) is 0.820. The van der Waals surface area contributed by atoms with Crippen LogP contribution in [0.4, 0.5) is 0 Å². The molecular formula is C25H34O4. The SMILES string of the molecule is C[C@]12CC[C@H]3[C@H]([C@@H]1CC[C@@H]2O)[C@](O)(c1ccc(O)cc1)C=C1C[C@@H](O)CC[C@@]13C. The highest BCUT2D eigenvalue weighted by Crippen LogP contribution is 2.68. The summed E-state index contributed by atoms with van der Waals surface area (Å²) in [5.41, 5.74) is 0.714. The quantitative estimate of drug-likeness (QED) is 0.541. The van der Waals surface area contributed by atoms with Crippen LogP contribution in [0.5, 0.6) is 5.75 Å². The molecule has 1 aromatic carbocycles. The third-order valence-corrected chi connectivity index (χ3v) is 9.46. The highest BCUT2D eigenvalue weighted by atomic mass is 16.3. The number of rotatable bonds is 1. The van der Waals surface area contributed by atoms with Gasteiger partial charge in [0.15, 0.2) is 0 Å². The molecule has 0 spiro atoms. The Kier molecular flexibility index (Phi) is 4.27. The van der Waals surface area contributed by atoms with E-state index in [1.54, 1.807) is 12.1 Å². The van der Waals surface area contributed by atoms with Crippen LogP contribution in [0.3, 0.4) is 0 Å². The zero-order chi connectivity index (χ0) is 20.6. The Bertz CT molecular complexity index is 832. The van der Waals surface area contributed by atoms with Crippen molar-refractivity contribution in [3.05, 3.63) is 41.5 Å². The molecule has 0 amide bonds. The van der Waals surface area contributed by atoms with Crippen molar-refractivity contribution in [2.75, 3.05) is 0 Å². The van der Waals surface area contributed by atoms with E-state index in [-0.39, 0.29) is 40.6 Å². The lowest BCUT2D eigenvalue weighted by atomic mass is 9.44. The Hall–Kier alpha value is -1.36. The van der Waals surface area contributed by atoms with Crippen LogP contribution >= 0.6 is 0 Å². The maximum atomic E-state index is 12.3. The minimum atomic E-state index is -1.14. The zero-order valence-electron chi connectivity index (χ0n) is 17.5. The first-order valence-electron chi connectivity index (χ1n) is 11.3. The van der Waals surface area contributed by atoms with E-state index in [0.29, 0.717) is 12.3 Å². The number of phenolic OH excluding ortho intramolecular Hbond substituents is 1. The molecule has 3 fully saturated rings. The Labute approximate surface area is 173 Å². The number of phenols is 1. The number of hydrogen-bond donors (Lipinski definition) is 4. The van der Waals surface area contributed by atoms with Crippen molar-refractivity contribution in [1.82, 2.24) is 0 Å². The van der Waals surface area contributed by atoms with Crippen molar-refractivity contribution in [2.24, 2.45) is 28.6 Å². The summed E-state index contributed by atoms with van der Waals surface area (Å²) in [6.07, 6.45) is 7.57. The molecular weight excluding hydrogens is 364 g/mol. The highest BCUT2D eigenvalue weighted by Gasteiger charge is 2.64. The van der Waals surface area contributed by atoms with Crippen molar-refractivity contribution in [2.45, 2.75) is 76.6 Å². The lowest BCUT2D eigenvalue weighted by molar-refractivity contribution is -0.148. The Morgan fingerprint density at radius 2 is 1.62 bits per heavy atom. The lowest BCUT2D eigenvalue weighted by Crippen LogP contribution is -2.58. The maximum absolute atomic E-state index is 12.3. The van der Waals surface area contributed by atoms with E-state index >= 15 is 0 Å². The van der Waals surface area contributed by atoms with Crippen molar-refractivity contribution < 1.29 is 20.4 Å². The second-order valence-corrected chi connectivity index (χ2v) is 10.7. The summed E-state index contributed by atoms with van der Waals surface area (Å²) in [7, 11) is 0. The van der Waals surface area contributed by atoms with E-state index in [1.165, 1.54) is 5.57 Å². The van der Waals surface area contributed by atoms with E-state index in [1.807, 2.05) is 12.1 Å². The molecule has 4 heteroatoms. The smallest absolute Gasteiger partial charge is 0.115 e. The van der Waals surface area contributed by atoms with Gasteiger partial charge in [-0.05, 0) is 91.4 Å². The Morgan fingerprint density at radius 3 is 2.34 bits per heavy atom. The van der Waals surface area contributed by atoms with E-state index in [4.69, 9.17) is 0 Å². The van der Waals surface area contributed by atoms with Gasteiger partial charge < -0.3 is 20.4 Å². The van der Waals surface area contributed by atoms with Crippen molar-refractivity contribution in [3.63, 3.8) is 0 Å². The molecule has 3 saturated carbocycles. The van der Waals surface area contributed by atoms with Crippen LogP contribution in [0.25, 0.3) is 0 Å². The van der Waals surface area contributed by atoms with E-state index in [2.05, 4.69) is 19.9 Å². The molecule has 0 aliphatic heterocycles. The molecule has 0 radical (unpaired) electrons. The molecule has 4 N–H and O–H groups in total. The summed E-state index contributed by atoms with van der Waals surface area (Å²) >= 11 is 0. The van der Waals surface area contributed by atoms with Gasteiger partial charge in [-0.3, -0.25) is 0 Å². The summed E-state index contributed by atoms with van der Waals surface area (Å²) in [5, 5.41) is 43.3. The molecule has 0 unspecified atom stereocenters. The van der Waals surface area contributed by atoms with Gasteiger partial charge in [0.25, 0.3) is 0 Å². The summed E-state index contributed by atoms with van der Waals surface area (Å²) in [6.45, 7) is 4.56. The molecule has 0 aromatic heterocycles. The molecule has 8 atom stereocenters. The molecule has 158 valence electrons. The van der Waals surface area contributed by atoms with Gasteiger partial charge in [-0.25, -0.2) is 0 Å².